The van der Waals surface area contributed by atoms with Gasteiger partial charge >= 0.3 is 5.97 Å². The predicted molar refractivity (Wildman–Crippen MR) is 109 cm³/mol. The Labute approximate surface area is 171 Å². The summed E-state index contributed by atoms with van der Waals surface area (Å²) in [5.41, 5.74) is 3.18. The van der Waals surface area contributed by atoms with E-state index in [0.717, 1.165) is 49.2 Å². The van der Waals surface area contributed by atoms with Crippen molar-refractivity contribution in [3.05, 3.63) is 59.9 Å². The number of piperidine rings is 1. The number of hydrogen-bond acceptors (Lipinski definition) is 5. The summed E-state index contributed by atoms with van der Waals surface area (Å²) >= 11 is 0. The summed E-state index contributed by atoms with van der Waals surface area (Å²) < 4.78 is 29.3. The molecule has 0 spiro atoms. The van der Waals surface area contributed by atoms with Crippen molar-refractivity contribution in [2.24, 2.45) is 0 Å². The van der Waals surface area contributed by atoms with E-state index in [4.69, 9.17) is 9.47 Å². The van der Waals surface area contributed by atoms with Crippen molar-refractivity contribution >= 4 is 5.97 Å². The van der Waals surface area contributed by atoms with Gasteiger partial charge in [-0.05, 0) is 41.7 Å². The molecule has 0 atom stereocenters. The van der Waals surface area contributed by atoms with Gasteiger partial charge in [-0.25, -0.2) is 9.18 Å². The van der Waals surface area contributed by atoms with Crippen LogP contribution in [0.1, 0.15) is 18.4 Å². The van der Waals surface area contributed by atoms with Crippen molar-refractivity contribution in [2.75, 3.05) is 40.0 Å². The van der Waals surface area contributed by atoms with Gasteiger partial charge in [0.05, 0.1) is 26.4 Å². The van der Waals surface area contributed by atoms with Crippen LogP contribution >= 0.6 is 0 Å². The van der Waals surface area contributed by atoms with Crippen molar-refractivity contribution < 1.29 is 23.4 Å². The van der Waals surface area contributed by atoms with Crippen LogP contribution in [-0.2, 0) is 25.6 Å². The van der Waals surface area contributed by atoms with E-state index >= 15 is 0 Å². The maximum Gasteiger partial charge on any atom is 0.331 e. The van der Waals surface area contributed by atoms with E-state index in [1.807, 2.05) is 18.2 Å². The van der Waals surface area contributed by atoms with E-state index in [-0.39, 0.29) is 24.5 Å². The molecule has 1 saturated heterocycles. The molecule has 0 N–H and O–H groups in total. The van der Waals surface area contributed by atoms with Crippen molar-refractivity contribution in [1.82, 2.24) is 4.90 Å². The summed E-state index contributed by atoms with van der Waals surface area (Å²) in [6.07, 6.45) is 2.16. The minimum Gasteiger partial charge on any atom is -0.467 e. The topological polar surface area (TPSA) is 48.0 Å². The molecule has 0 radical (unpaired) electrons. The van der Waals surface area contributed by atoms with Crippen LogP contribution in [0.4, 0.5) is 4.39 Å². The molecule has 1 fully saturated rings. The zero-order valence-corrected chi connectivity index (χ0v) is 16.8. The Morgan fingerprint density at radius 3 is 2.55 bits per heavy atom. The molecule has 1 heterocycles. The highest BCUT2D eigenvalue weighted by atomic mass is 19.1. The van der Waals surface area contributed by atoms with Crippen LogP contribution in [0, 0.1) is 5.82 Å². The first-order chi connectivity index (χ1) is 14.2. The lowest BCUT2D eigenvalue weighted by atomic mass is 10.00. The number of benzene rings is 2. The zero-order chi connectivity index (χ0) is 20.5. The molecule has 1 aliphatic rings. The second kappa shape index (κ2) is 11.0. The molecule has 0 unspecified atom stereocenters. The molecule has 156 valence electrons. The Bertz CT molecular complexity index is 773. The Balaban J connectivity index is 1.43. The molecular formula is C23H28FNO4. The first-order valence-electron chi connectivity index (χ1n) is 9.98. The molecule has 1 aliphatic heterocycles. The molecule has 0 aliphatic carbocycles. The van der Waals surface area contributed by atoms with Crippen molar-refractivity contribution in [1.29, 1.82) is 0 Å². The second-order valence-electron chi connectivity index (χ2n) is 7.14. The maximum absolute atomic E-state index is 13.2. The van der Waals surface area contributed by atoms with Gasteiger partial charge in [0.1, 0.15) is 12.4 Å². The highest BCUT2D eigenvalue weighted by molar-refractivity contribution is 5.70. The van der Waals surface area contributed by atoms with Crippen molar-refractivity contribution in [2.45, 2.75) is 25.6 Å². The van der Waals surface area contributed by atoms with Crippen LogP contribution in [0.15, 0.2) is 48.5 Å². The SMILES string of the molecule is COC(=O)COCCN1CCC(OCc2ccccc2-c2ccc(F)cc2)CC1. The van der Waals surface area contributed by atoms with Gasteiger partial charge < -0.3 is 19.1 Å². The van der Waals surface area contributed by atoms with Crippen LogP contribution in [0.2, 0.25) is 0 Å². The number of hydrogen-bond donors (Lipinski definition) is 0. The molecule has 6 heteroatoms. The lowest BCUT2D eigenvalue weighted by Crippen LogP contribution is -2.39. The van der Waals surface area contributed by atoms with Crippen LogP contribution in [0.3, 0.4) is 0 Å². The van der Waals surface area contributed by atoms with E-state index in [1.54, 1.807) is 12.1 Å². The third-order valence-electron chi connectivity index (χ3n) is 5.18. The number of likely N-dealkylation sites (tertiary alicyclic amines) is 1. The standard InChI is InChI=1S/C23H28FNO4/c1-27-23(26)17-28-15-14-25-12-10-21(11-13-25)29-16-19-4-2-3-5-22(19)18-6-8-20(24)9-7-18/h2-9,21H,10-17H2,1H3. The average molecular weight is 401 g/mol. The molecule has 2 aromatic carbocycles. The summed E-state index contributed by atoms with van der Waals surface area (Å²) in [5.74, 6) is -0.581. The minimum absolute atomic E-state index is 0.00351. The first-order valence-corrected chi connectivity index (χ1v) is 9.98. The third-order valence-corrected chi connectivity index (χ3v) is 5.18. The average Bonchev–Trinajstić information content (AvgIpc) is 2.76. The highest BCUT2D eigenvalue weighted by Crippen LogP contribution is 2.25. The van der Waals surface area contributed by atoms with Gasteiger partial charge in [0.15, 0.2) is 0 Å². The second-order valence-corrected chi connectivity index (χ2v) is 7.14. The van der Waals surface area contributed by atoms with Gasteiger partial charge in [-0.3, -0.25) is 0 Å². The molecular weight excluding hydrogens is 373 g/mol. The number of carbonyl (C=O) groups is 1. The van der Waals surface area contributed by atoms with Gasteiger partial charge in [-0.1, -0.05) is 36.4 Å². The quantitative estimate of drug-likeness (QED) is 0.474. The number of esters is 1. The van der Waals surface area contributed by atoms with Gasteiger partial charge in [-0.15, -0.1) is 0 Å². The zero-order valence-electron chi connectivity index (χ0n) is 16.8. The first kappa shape index (κ1) is 21.4. The number of rotatable bonds is 9. The van der Waals surface area contributed by atoms with Gasteiger partial charge in [0.2, 0.25) is 0 Å². The Kier molecular flexibility index (Phi) is 8.16. The van der Waals surface area contributed by atoms with Crippen LogP contribution in [-0.4, -0.2) is 56.9 Å². The smallest absolute Gasteiger partial charge is 0.331 e. The molecule has 29 heavy (non-hydrogen) atoms. The van der Waals surface area contributed by atoms with Gasteiger partial charge in [-0.2, -0.15) is 0 Å². The number of nitrogens with zero attached hydrogens (tertiary/aromatic N) is 1. The Hall–Kier alpha value is -2.28. The van der Waals surface area contributed by atoms with Gasteiger partial charge in [0.25, 0.3) is 0 Å². The molecule has 0 aromatic heterocycles. The summed E-state index contributed by atoms with van der Waals surface area (Å²) in [5, 5.41) is 0. The summed E-state index contributed by atoms with van der Waals surface area (Å²) in [7, 11) is 1.36. The fraction of sp³-hybridized carbons (Fsp3) is 0.435. The minimum atomic E-state index is -0.349. The summed E-state index contributed by atoms with van der Waals surface area (Å²) in [6.45, 7) is 3.77. The van der Waals surface area contributed by atoms with E-state index in [0.29, 0.717) is 13.2 Å². The monoisotopic (exact) mass is 401 g/mol. The number of ether oxygens (including phenoxy) is 3. The van der Waals surface area contributed by atoms with Gasteiger partial charge in [0, 0.05) is 19.6 Å². The van der Waals surface area contributed by atoms with Crippen molar-refractivity contribution in [3.8, 4) is 11.1 Å². The summed E-state index contributed by atoms with van der Waals surface area (Å²) in [4.78, 5) is 13.4. The summed E-state index contributed by atoms with van der Waals surface area (Å²) in [6, 6.07) is 14.7. The van der Waals surface area contributed by atoms with E-state index in [9.17, 15) is 9.18 Å². The lowest BCUT2D eigenvalue weighted by molar-refractivity contribution is -0.146. The lowest BCUT2D eigenvalue weighted by Gasteiger charge is -2.31. The Morgan fingerprint density at radius 2 is 1.83 bits per heavy atom. The van der Waals surface area contributed by atoms with Crippen LogP contribution in [0.5, 0.6) is 0 Å². The largest absolute Gasteiger partial charge is 0.467 e. The molecule has 0 saturated carbocycles. The molecule has 0 amide bonds. The molecule has 0 bridgehead atoms. The normalized spacial score (nSPS) is 15.4. The van der Waals surface area contributed by atoms with Crippen LogP contribution < -0.4 is 0 Å². The third kappa shape index (κ3) is 6.63. The highest BCUT2D eigenvalue weighted by Gasteiger charge is 2.20. The molecule has 2 aromatic rings. The molecule has 3 rings (SSSR count). The fourth-order valence-corrected chi connectivity index (χ4v) is 3.47. The van der Waals surface area contributed by atoms with E-state index in [2.05, 4.69) is 15.7 Å². The van der Waals surface area contributed by atoms with Crippen molar-refractivity contribution in [3.63, 3.8) is 0 Å². The Morgan fingerprint density at radius 1 is 1.10 bits per heavy atom. The molecule has 5 nitrogen and oxygen atoms in total. The fourth-order valence-electron chi connectivity index (χ4n) is 3.47. The number of carbonyl (C=O) groups excluding carboxylic acids is 1. The maximum atomic E-state index is 13.2. The predicted octanol–water partition coefficient (Wildman–Crippen LogP) is 3.66. The number of halogens is 1. The van der Waals surface area contributed by atoms with E-state index in [1.165, 1.54) is 19.2 Å². The van der Waals surface area contributed by atoms with Crippen LogP contribution in [0.25, 0.3) is 11.1 Å². The van der Waals surface area contributed by atoms with E-state index < -0.39 is 0 Å². The number of methoxy groups -OCH3 is 1.